The normalized spacial score (nSPS) is 25.3. The third-order valence-electron chi connectivity index (χ3n) is 4.09. The highest BCUT2D eigenvalue weighted by atomic mass is 32.2. The van der Waals surface area contributed by atoms with Crippen molar-refractivity contribution in [2.45, 2.75) is 43.1 Å². The van der Waals surface area contributed by atoms with Crippen LogP contribution in [0.4, 0.5) is 17.6 Å². The van der Waals surface area contributed by atoms with Crippen molar-refractivity contribution in [1.29, 1.82) is 0 Å². The molecule has 28 heavy (non-hydrogen) atoms. The van der Waals surface area contributed by atoms with Gasteiger partial charge in [0.15, 0.2) is 0 Å². The van der Waals surface area contributed by atoms with E-state index >= 15 is 0 Å². The van der Waals surface area contributed by atoms with Gasteiger partial charge in [0, 0.05) is 18.4 Å². The maximum absolute atomic E-state index is 14.3. The minimum atomic E-state index is -6.09. The largest absolute Gasteiger partial charge is 0.523 e. The Morgan fingerprint density at radius 2 is 1.82 bits per heavy atom. The van der Waals surface area contributed by atoms with Crippen molar-refractivity contribution in [3.63, 3.8) is 0 Å². The highest BCUT2D eigenvalue weighted by Crippen LogP contribution is 2.38. The maximum atomic E-state index is 14.3. The molecule has 12 heteroatoms. The standard InChI is InChI=1S/C16H17F4NO6S/c1-2-26-14(23)15(21-13(22)10-6-4-3-5-7-10)8-11(17)12(9-15)27-28(24,25)16(18,19)20/h3-7,11-12H,2,8-9H2,1H3,(H,21,22). The third kappa shape index (κ3) is 4.61. The van der Waals surface area contributed by atoms with Gasteiger partial charge in [-0.1, -0.05) is 18.2 Å². The topological polar surface area (TPSA) is 98.8 Å². The van der Waals surface area contributed by atoms with E-state index in [-0.39, 0.29) is 12.2 Å². The molecule has 3 atom stereocenters. The van der Waals surface area contributed by atoms with Gasteiger partial charge in [0.2, 0.25) is 0 Å². The van der Waals surface area contributed by atoms with E-state index in [1.165, 1.54) is 31.2 Å². The molecular weight excluding hydrogens is 410 g/mol. The Balaban J connectivity index is 2.29. The summed E-state index contributed by atoms with van der Waals surface area (Å²) >= 11 is 0. The summed E-state index contributed by atoms with van der Waals surface area (Å²) in [5.74, 6) is -1.90. The minimum Gasteiger partial charge on any atom is -0.464 e. The van der Waals surface area contributed by atoms with Crippen molar-refractivity contribution >= 4 is 22.0 Å². The van der Waals surface area contributed by atoms with Gasteiger partial charge < -0.3 is 10.1 Å². The molecule has 1 amide bonds. The summed E-state index contributed by atoms with van der Waals surface area (Å²) in [7, 11) is -6.09. The molecule has 0 aliphatic heterocycles. The monoisotopic (exact) mass is 427 g/mol. The summed E-state index contributed by atoms with van der Waals surface area (Å²) in [4.78, 5) is 24.7. The summed E-state index contributed by atoms with van der Waals surface area (Å²) in [6, 6.07) is 7.48. The molecule has 1 aromatic rings. The number of hydrogen-bond donors (Lipinski definition) is 1. The molecule has 1 aromatic carbocycles. The van der Waals surface area contributed by atoms with Gasteiger partial charge in [0.25, 0.3) is 5.91 Å². The summed E-state index contributed by atoms with van der Waals surface area (Å²) in [5.41, 5.74) is -7.72. The van der Waals surface area contributed by atoms with Crippen molar-refractivity contribution in [3.8, 4) is 0 Å². The second-order valence-corrected chi connectivity index (χ2v) is 7.65. The molecule has 7 nitrogen and oxygen atoms in total. The van der Waals surface area contributed by atoms with Crippen molar-refractivity contribution in [3.05, 3.63) is 35.9 Å². The molecule has 156 valence electrons. The van der Waals surface area contributed by atoms with Gasteiger partial charge in [-0.05, 0) is 19.1 Å². The Morgan fingerprint density at radius 3 is 2.36 bits per heavy atom. The first-order chi connectivity index (χ1) is 12.9. The Bertz CT molecular complexity index is 829. The number of amides is 1. The van der Waals surface area contributed by atoms with Gasteiger partial charge in [-0.15, -0.1) is 0 Å². The van der Waals surface area contributed by atoms with Crippen LogP contribution < -0.4 is 5.32 Å². The Hall–Kier alpha value is -2.21. The Labute approximate surface area is 158 Å². The number of rotatable bonds is 6. The number of nitrogens with one attached hydrogen (secondary N) is 1. The van der Waals surface area contributed by atoms with E-state index < -0.39 is 58.2 Å². The molecule has 0 spiro atoms. The molecule has 1 N–H and O–H groups in total. The average Bonchev–Trinajstić information content (AvgIpc) is 2.91. The molecule has 0 aromatic heterocycles. The van der Waals surface area contributed by atoms with E-state index in [0.717, 1.165) is 0 Å². The molecular formula is C16H17F4NO6S. The fraction of sp³-hybridized carbons (Fsp3) is 0.500. The Morgan fingerprint density at radius 1 is 1.21 bits per heavy atom. The summed E-state index contributed by atoms with van der Waals surface area (Å²) in [6.07, 6.45) is -6.03. The van der Waals surface area contributed by atoms with Crippen LogP contribution in [0.1, 0.15) is 30.1 Å². The van der Waals surface area contributed by atoms with Crippen LogP contribution in [-0.2, 0) is 23.8 Å². The zero-order chi connectivity index (χ0) is 21.2. The van der Waals surface area contributed by atoms with Crippen molar-refractivity contribution in [2.24, 2.45) is 0 Å². The van der Waals surface area contributed by atoms with E-state index in [1.807, 2.05) is 0 Å². The predicted octanol–water partition coefficient (Wildman–Crippen LogP) is 2.08. The quantitative estimate of drug-likeness (QED) is 0.323. The van der Waals surface area contributed by atoms with Crippen molar-refractivity contribution < 1.29 is 44.5 Å². The van der Waals surface area contributed by atoms with Gasteiger partial charge in [-0.25, -0.2) is 9.18 Å². The maximum Gasteiger partial charge on any atom is 0.523 e. The van der Waals surface area contributed by atoms with E-state index in [4.69, 9.17) is 4.74 Å². The minimum absolute atomic E-state index is 0.105. The lowest BCUT2D eigenvalue weighted by Crippen LogP contribution is -2.54. The first-order valence-corrected chi connectivity index (χ1v) is 9.51. The lowest BCUT2D eigenvalue weighted by Gasteiger charge is -2.28. The van der Waals surface area contributed by atoms with Gasteiger partial charge in [-0.2, -0.15) is 21.6 Å². The van der Waals surface area contributed by atoms with Crippen LogP contribution in [0, 0.1) is 0 Å². The van der Waals surface area contributed by atoms with Gasteiger partial charge in [-0.3, -0.25) is 8.98 Å². The van der Waals surface area contributed by atoms with E-state index in [1.54, 1.807) is 6.07 Å². The fourth-order valence-corrected chi connectivity index (χ4v) is 3.42. The highest BCUT2D eigenvalue weighted by Gasteiger charge is 2.57. The molecule has 1 aliphatic carbocycles. The molecule has 3 unspecified atom stereocenters. The summed E-state index contributed by atoms with van der Waals surface area (Å²) < 4.78 is 83.0. The first kappa shape index (κ1) is 22.1. The van der Waals surface area contributed by atoms with Crippen LogP contribution >= 0.6 is 0 Å². The van der Waals surface area contributed by atoms with E-state index in [0.29, 0.717) is 0 Å². The second-order valence-electron chi connectivity index (χ2n) is 6.08. The number of carbonyl (C=O) groups is 2. The number of esters is 1. The SMILES string of the molecule is CCOC(=O)C1(NC(=O)c2ccccc2)CC(F)C(OS(=O)(=O)C(F)(F)F)C1. The zero-order valence-electron chi connectivity index (χ0n) is 14.5. The molecule has 0 bridgehead atoms. The number of benzene rings is 1. The van der Waals surface area contributed by atoms with Crippen LogP contribution in [0.5, 0.6) is 0 Å². The highest BCUT2D eigenvalue weighted by molar-refractivity contribution is 7.87. The number of halogens is 4. The van der Waals surface area contributed by atoms with E-state index in [9.17, 15) is 35.6 Å². The summed E-state index contributed by atoms with van der Waals surface area (Å²) in [6.45, 7) is 1.29. The lowest BCUT2D eigenvalue weighted by molar-refractivity contribution is -0.151. The van der Waals surface area contributed by atoms with Crippen LogP contribution in [0.25, 0.3) is 0 Å². The average molecular weight is 427 g/mol. The zero-order valence-corrected chi connectivity index (χ0v) is 15.3. The first-order valence-electron chi connectivity index (χ1n) is 8.10. The smallest absolute Gasteiger partial charge is 0.464 e. The Kier molecular flexibility index (Phi) is 6.34. The molecule has 2 rings (SSSR count). The summed E-state index contributed by atoms with van der Waals surface area (Å²) in [5, 5.41) is 2.27. The van der Waals surface area contributed by atoms with Gasteiger partial charge >= 0.3 is 21.6 Å². The molecule has 0 radical (unpaired) electrons. The number of hydrogen-bond acceptors (Lipinski definition) is 6. The van der Waals surface area contributed by atoms with Gasteiger partial charge in [0.05, 0.1) is 6.61 Å². The molecule has 1 fully saturated rings. The van der Waals surface area contributed by atoms with Crippen LogP contribution in [0.2, 0.25) is 0 Å². The van der Waals surface area contributed by atoms with Crippen LogP contribution in [0.3, 0.4) is 0 Å². The number of alkyl halides is 4. The molecule has 0 saturated heterocycles. The predicted molar refractivity (Wildman–Crippen MR) is 87.3 cm³/mol. The molecule has 1 saturated carbocycles. The molecule has 1 aliphatic rings. The van der Waals surface area contributed by atoms with Crippen LogP contribution in [-0.4, -0.2) is 50.2 Å². The second kappa shape index (κ2) is 8.03. The number of carbonyl (C=O) groups excluding carboxylic acids is 2. The van der Waals surface area contributed by atoms with Crippen molar-refractivity contribution in [1.82, 2.24) is 5.32 Å². The lowest BCUT2D eigenvalue weighted by atomic mass is 9.96. The molecule has 0 heterocycles. The van der Waals surface area contributed by atoms with Crippen LogP contribution in [0.15, 0.2) is 30.3 Å². The third-order valence-corrected chi connectivity index (χ3v) is 5.15. The number of ether oxygens (including phenoxy) is 1. The van der Waals surface area contributed by atoms with Gasteiger partial charge in [0.1, 0.15) is 17.8 Å². The van der Waals surface area contributed by atoms with E-state index in [2.05, 4.69) is 9.50 Å². The fourth-order valence-electron chi connectivity index (χ4n) is 2.80. The van der Waals surface area contributed by atoms with Crippen molar-refractivity contribution in [2.75, 3.05) is 6.61 Å².